The first kappa shape index (κ1) is 20.5. The molecule has 1 aliphatic rings. The summed E-state index contributed by atoms with van der Waals surface area (Å²) in [5, 5.41) is 7.49. The molecule has 0 unspecified atom stereocenters. The third-order valence-corrected chi connectivity index (χ3v) is 5.13. The van der Waals surface area contributed by atoms with Crippen LogP contribution in [-0.2, 0) is 11.2 Å². The predicted molar refractivity (Wildman–Crippen MR) is 128 cm³/mol. The van der Waals surface area contributed by atoms with Gasteiger partial charge in [-0.1, -0.05) is 60.2 Å². The molecule has 5 nitrogen and oxygen atoms in total. The lowest BCUT2D eigenvalue weighted by atomic mass is 9.85. The fraction of sp³-hybridized carbons (Fsp3) is 0.192. The maximum absolute atomic E-state index is 13.4. The molecule has 156 valence electrons. The highest BCUT2D eigenvalue weighted by Gasteiger charge is 2.31. The molecule has 0 aromatic heterocycles. The van der Waals surface area contributed by atoms with E-state index in [9.17, 15) is 4.79 Å². The van der Waals surface area contributed by atoms with Crippen molar-refractivity contribution in [3.8, 4) is 0 Å². The van der Waals surface area contributed by atoms with Gasteiger partial charge in [0.1, 0.15) is 0 Å². The van der Waals surface area contributed by atoms with Crippen LogP contribution in [0.15, 0.2) is 89.0 Å². The number of amides is 1. The van der Waals surface area contributed by atoms with Gasteiger partial charge in [-0.3, -0.25) is 15.2 Å². The van der Waals surface area contributed by atoms with Crippen molar-refractivity contribution < 1.29 is 4.79 Å². The third-order valence-electron chi connectivity index (χ3n) is 5.13. The minimum absolute atomic E-state index is 0.254. The van der Waals surface area contributed by atoms with Gasteiger partial charge in [-0.2, -0.15) is 5.10 Å². The third kappa shape index (κ3) is 4.89. The maximum atomic E-state index is 13.4. The first-order valence-corrected chi connectivity index (χ1v) is 10.4. The van der Waals surface area contributed by atoms with E-state index < -0.39 is 0 Å². The van der Waals surface area contributed by atoms with Crippen LogP contribution < -0.4 is 10.7 Å². The number of para-hydroxylation sites is 1. The Kier molecular flexibility index (Phi) is 5.67. The highest BCUT2D eigenvalue weighted by molar-refractivity contribution is 6.72. The van der Waals surface area contributed by atoms with Gasteiger partial charge in [0, 0.05) is 11.3 Å². The quantitative estimate of drug-likeness (QED) is 0.447. The molecule has 31 heavy (non-hydrogen) atoms. The van der Waals surface area contributed by atoms with E-state index in [1.54, 1.807) is 0 Å². The van der Waals surface area contributed by atoms with Crippen LogP contribution in [0.2, 0.25) is 0 Å². The number of nitrogens with zero attached hydrogens (tertiary/aromatic N) is 2. The van der Waals surface area contributed by atoms with Gasteiger partial charge in [-0.15, -0.1) is 0 Å². The second-order valence-corrected chi connectivity index (χ2v) is 8.37. The molecular weight excluding hydrogens is 384 g/mol. The van der Waals surface area contributed by atoms with E-state index in [-0.39, 0.29) is 17.2 Å². The van der Waals surface area contributed by atoms with Gasteiger partial charge in [0.15, 0.2) is 5.71 Å². The number of hydrogen-bond acceptors (Lipinski definition) is 4. The van der Waals surface area contributed by atoms with E-state index in [4.69, 9.17) is 4.99 Å². The van der Waals surface area contributed by atoms with Crippen molar-refractivity contribution in [1.29, 1.82) is 0 Å². The van der Waals surface area contributed by atoms with Crippen molar-refractivity contribution in [2.75, 3.05) is 10.7 Å². The van der Waals surface area contributed by atoms with Crippen LogP contribution in [0.5, 0.6) is 0 Å². The topological polar surface area (TPSA) is 65.8 Å². The number of aliphatic imine (C=N–C) groups is 1. The number of hydrazone groups is 1. The van der Waals surface area contributed by atoms with E-state index >= 15 is 0 Å². The van der Waals surface area contributed by atoms with Crippen molar-refractivity contribution in [2.45, 2.75) is 32.7 Å². The minimum atomic E-state index is -0.332. The summed E-state index contributed by atoms with van der Waals surface area (Å²) < 4.78 is 0. The van der Waals surface area contributed by atoms with Gasteiger partial charge >= 0.3 is 0 Å². The molecule has 2 N–H and O–H groups in total. The molecule has 1 amide bonds. The van der Waals surface area contributed by atoms with E-state index in [1.807, 2.05) is 79.7 Å². The standard InChI is InChI=1S/C26H26N4O/c1-18-13-15-20(16-14-18)27-25(31)24(30-29-21-10-5-4-6-11-21)23-22-12-8-7-9-19(22)17-26(2,3)28-23/h4-16,29H,17H2,1-3H3,(H,27,31)/b30-24-. The molecule has 5 heteroatoms. The van der Waals surface area contributed by atoms with Crippen LogP contribution in [0.4, 0.5) is 11.4 Å². The molecule has 1 heterocycles. The van der Waals surface area contributed by atoms with E-state index in [2.05, 4.69) is 35.8 Å². The van der Waals surface area contributed by atoms with Crippen LogP contribution in [0.1, 0.15) is 30.5 Å². The second kappa shape index (κ2) is 8.56. The average Bonchev–Trinajstić information content (AvgIpc) is 2.75. The fourth-order valence-corrected chi connectivity index (χ4v) is 3.63. The normalized spacial score (nSPS) is 14.9. The maximum Gasteiger partial charge on any atom is 0.278 e. The number of benzene rings is 3. The first-order chi connectivity index (χ1) is 14.9. The first-order valence-electron chi connectivity index (χ1n) is 10.4. The monoisotopic (exact) mass is 410 g/mol. The Hall–Kier alpha value is -3.73. The smallest absolute Gasteiger partial charge is 0.278 e. The van der Waals surface area contributed by atoms with Crippen molar-refractivity contribution in [3.63, 3.8) is 0 Å². The lowest BCUT2D eigenvalue weighted by molar-refractivity contribution is -0.110. The Labute approximate surface area is 182 Å². The zero-order chi connectivity index (χ0) is 21.8. The molecule has 1 aliphatic heterocycles. The van der Waals surface area contributed by atoms with E-state index in [1.165, 1.54) is 0 Å². The van der Waals surface area contributed by atoms with Crippen molar-refractivity contribution in [1.82, 2.24) is 0 Å². The zero-order valence-corrected chi connectivity index (χ0v) is 18.0. The van der Waals surface area contributed by atoms with Crippen molar-refractivity contribution >= 4 is 28.7 Å². The second-order valence-electron chi connectivity index (χ2n) is 8.37. The highest BCUT2D eigenvalue weighted by Crippen LogP contribution is 2.27. The van der Waals surface area contributed by atoms with E-state index in [0.29, 0.717) is 11.4 Å². The van der Waals surface area contributed by atoms with Crippen molar-refractivity contribution in [3.05, 3.63) is 95.6 Å². The van der Waals surface area contributed by atoms with Gasteiger partial charge < -0.3 is 5.32 Å². The SMILES string of the molecule is Cc1ccc(NC(=O)/C(=N\Nc2ccccc2)C2=NC(C)(C)Cc3ccccc32)cc1. The van der Waals surface area contributed by atoms with Crippen LogP contribution in [0.3, 0.4) is 0 Å². The van der Waals surface area contributed by atoms with Gasteiger partial charge in [-0.25, -0.2) is 0 Å². The van der Waals surface area contributed by atoms with Gasteiger partial charge in [0.2, 0.25) is 0 Å². The Balaban J connectivity index is 1.75. The van der Waals surface area contributed by atoms with Crippen LogP contribution >= 0.6 is 0 Å². The summed E-state index contributed by atoms with van der Waals surface area (Å²) in [6.45, 7) is 6.16. The lowest BCUT2D eigenvalue weighted by Crippen LogP contribution is -2.38. The highest BCUT2D eigenvalue weighted by atomic mass is 16.2. The van der Waals surface area contributed by atoms with Crippen LogP contribution in [-0.4, -0.2) is 22.9 Å². The largest absolute Gasteiger partial charge is 0.321 e. The summed E-state index contributed by atoms with van der Waals surface area (Å²) in [5.74, 6) is -0.307. The van der Waals surface area contributed by atoms with Crippen molar-refractivity contribution in [2.24, 2.45) is 10.1 Å². The molecular formula is C26H26N4O. The zero-order valence-electron chi connectivity index (χ0n) is 18.0. The Morgan fingerprint density at radius 2 is 1.58 bits per heavy atom. The molecule has 0 atom stereocenters. The number of rotatable bonds is 5. The number of hydrogen-bond donors (Lipinski definition) is 2. The number of carbonyl (C=O) groups is 1. The molecule has 0 bridgehead atoms. The number of carbonyl (C=O) groups excluding carboxylic acids is 1. The lowest BCUT2D eigenvalue weighted by Gasteiger charge is -2.29. The molecule has 3 aromatic rings. The summed E-state index contributed by atoms with van der Waals surface area (Å²) in [7, 11) is 0. The Bertz CT molecular complexity index is 1150. The summed E-state index contributed by atoms with van der Waals surface area (Å²) >= 11 is 0. The molecule has 4 rings (SSSR count). The van der Waals surface area contributed by atoms with Gasteiger partial charge in [-0.05, 0) is 57.0 Å². The fourth-order valence-electron chi connectivity index (χ4n) is 3.63. The number of anilines is 2. The average molecular weight is 411 g/mol. The van der Waals surface area contributed by atoms with Crippen LogP contribution in [0.25, 0.3) is 0 Å². The van der Waals surface area contributed by atoms with Gasteiger partial charge in [0.25, 0.3) is 5.91 Å². The molecule has 0 saturated carbocycles. The molecule has 0 fully saturated rings. The number of aryl methyl sites for hydroxylation is 1. The molecule has 0 saturated heterocycles. The summed E-state index contributed by atoms with van der Waals surface area (Å²) in [5.41, 5.74) is 8.28. The molecule has 0 radical (unpaired) electrons. The van der Waals surface area contributed by atoms with Crippen LogP contribution in [0, 0.1) is 6.92 Å². The molecule has 3 aromatic carbocycles. The number of fused-ring (bicyclic) bond motifs is 1. The summed E-state index contributed by atoms with van der Waals surface area (Å²) in [4.78, 5) is 18.3. The summed E-state index contributed by atoms with van der Waals surface area (Å²) in [6, 6.07) is 25.3. The van der Waals surface area contributed by atoms with E-state index in [0.717, 1.165) is 28.8 Å². The minimum Gasteiger partial charge on any atom is -0.321 e. The number of nitrogens with one attached hydrogen (secondary N) is 2. The Morgan fingerprint density at radius 1 is 0.903 bits per heavy atom. The molecule has 0 spiro atoms. The molecule has 0 aliphatic carbocycles. The summed E-state index contributed by atoms with van der Waals surface area (Å²) in [6.07, 6.45) is 0.811. The Morgan fingerprint density at radius 3 is 2.32 bits per heavy atom. The van der Waals surface area contributed by atoms with Gasteiger partial charge in [0.05, 0.1) is 16.9 Å². The predicted octanol–water partition coefficient (Wildman–Crippen LogP) is 5.23.